The van der Waals surface area contributed by atoms with E-state index in [1.54, 1.807) is 13.2 Å². The molecule has 1 aromatic heterocycles. The number of ether oxygens (including phenoxy) is 1. The Bertz CT molecular complexity index is 651. The molecule has 1 saturated carbocycles. The van der Waals surface area contributed by atoms with Crippen molar-refractivity contribution in [3.8, 4) is 0 Å². The molecule has 3 rings (SSSR count). The Morgan fingerprint density at radius 2 is 2.33 bits per heavy atom. The van der Waals surface area contributed by atoms with Gasteiger partial charge in [-0.05, 0) is 42.5 Å². The SMILES string of the molecule is COC1CCC1CC(=O)NCc1c[nH]c2ccc(F)cc12. The smallest absolute Gasteiger partial charge is 0.220 e. The molecule has 1 aliphatic carbocycles. The lowest BCUT2D eigenvalue weighted by atomic mass is 9.79. The molecule has 2 N–H and O–H groups in total. The van der Waals surface area contributed by atoms with Gasteiger partial charge in [0.25, 0.3) is 0 Å². The predicted molar refractivity (Wildman–Crippen MR) is 78.2 cm³/mol. The van der Waals surface area contributed by atoms with Gasteiger partial charge in [0.1, 0.15) is 5.82 Å². The number of methoxy groups -OCH3 is 1. The van der Waals surface area contributed by atoms with Crippen LogP contribution in [-0.2, 0) is 16.1 Å². The predicted octanol–water partition coefficient (Wildman–Crippen LogP) is 2.74. The number of H-pyrrole nitrogens is 1. The molecule has 5 heteroatoms. The summed E-state index contributed by atoms with van der Waals surface area (Å²) in [7, 11) is 1.69. The Labute approximate surface area is 122 Å². The molecule has 1 heterocycles. The summed E-state index contributed by atoms with van der Waals surface area (Å²) in [5.74, 6) is 0.0787. The van der Waals surface area contributed by atoms with Crippen LogP contribution < -0.4 is 5.32 Å². The summed E-state index contributed by atoms with van der Waals surface area (Å²) in [6.07, 6.45) is 4.61. The van der Waals surface area contributed by atoms with E-state index < -0.39 is 0 Å². The summed E-state index contributed by atoms with van der Waals surface area (Å²) in [5.41, 5.74) is 1.77. The number of halogens is 1. The molecular formula is C16H19FN2O2. The second-order valence-electron chi connectivity index (χ2n) is 5.60. The fourth-order valence-corrected chi connectivity index (χ4v) is 2.88. The van der Waals surface area contributed by atoms with Gasteiger partial charge in [0.05, 0.1) is 6.10 Å². The van der Waals surface area contributed by atoms with Crippen molar-refractivity contribution in [3.05, 3.63) is 35.8 Å². The van der Waals surface area contributed by atoms with Gasteiger partial charge in [-0.25, -0.2) is 4.39 Å². The van der Waals surface area contributed by atoms with E-state index >= 15 is 0 Å². The molecule has 0 spiro atoms. The van der Waals surface area contributed by atoms with Crippen LogP contribution in [0.25, 0.3) is 10.9 Å². The van der Waals surface area contributed by atoms with Crippen molar-refractivity contribution in [1.82, 2.24) is 10.3 Å². The quantitative estimate of drug-likeness (QED) is 0.889. The molecule has 112 valence electrons. The molecule has 1 amide bonds. The molecule has 4 nitrogen and oxygen atoms in total. The molecule has 1 fully saturated rings. The maximum atomic E-state index is 13.3. The molecule has 0 radical (unpaired) electrons. The zero-order chi connectivity index (χ0) is 14.8. The summed E-state index contributed by atoms with van der Waals surface area (Å²) in [6.45, 7) is 0.409. The lowest BCUT2D eigenvalue weighted by Crippen LogP contribution is -2.37. The first kappa shape index (κ1) is 14.1. The number of amides is 1. The number of aromatic nitrogens is 1. The lowest BCUT2D eigenvalue weighted by Gasteiger charge is -2.34. The standard InChI is InChI=1S/C16H19FN2O2/c1-21-15-5-2-10(15)6-16(20)19-9-11-8-18-14-4-3-12(17)7-13(11)14/h3-4,7-8,10,15,18H,2,5-6,9H2,1H3,(H,19,20). The number of hydrogen-bond donors (Lipinski definition) is 2. The van der Waals surface area contributed by atoms with E-state index in [9.17, 15) is 9.18 Å². The van der Waals surface area contributed by atoms with Crippen LogP contribution in [0.2, 0.25) is 0 Å². The van der Waals surface area contributed by atoms with Gasteiger partial charge in [-0.15, -0.1) is 0 Å². The van der Waals surface area contributed by atoms with Gasteiger partial charge in [-0.2, -0.15) is 0 Å². The van der Waals surface area contributed by atoms with Crippen molar-refractivity contribution in [2.24, 2.45) is 5.92 Å². The fraction of sp³-hybridized carbons (Fsp3) is 0.438. The number of nitrogens with one attached hydrogen (secondary N) is 2. The minimum absolute atomic E-state index is 0.0208. The maximum Gasteiger partial charge on any atom is 0.220 e. The first-order valence-electron chi connectivity index (χ1n) is 7.22. The van der Waals surface area contributed by atoms with Crippen molar-refractivity contribution in [3.63, 3.8) is 0 Å². The van der Waals surface area contributed by atoms with Gasteiger partial charge in [-0.3, -0.25) is 4.79 Å². The van der Waals surface area contributed by atoms with Gasteiger partial charge in [-0.1, -0.05) is 0 Å². The first-order chi connectivity index (χ1) is 10.2. The van der Waals surface area contributed by atoms with Crippen LogP contribution in [0.5, 0.6) is 0 Å². The molecule has 2 atom stereocenters. The second-order valence-corrected chi connectivity index (χ2v) is 5.60. The number of hydrogen-bond acceptors (Lipinski definition) is 2. The molecule has 2 aromatic rings. The number of benzene rings is 1. The van der Waals surface area contributed by atoms with Gasteiger partial charge in [0, 0.05) is 37.2 Å². The van der Waals surface area contributed by atoms with E-state index in [1.165, 1.54) is 12.1 Å². The molecule has 21 heavy (non-hydrogen) atoms. The highest BCUT2D eigenvalue weighted by molar-refractivity contribution is 5.84. The van der Waals surface area contributed by atoms with Crippen molar-refractivity contribution in [1.29, 1.82) is 0 Å². The highest BCUT2D eigenvalue weighted by Crippen LogP contribution is 2.32. The first-order valence-corrected chi connectivity index (χ1v) is 7.22. The number of carbonyl (C=O) groups is 1. The van der Waals surface area contributed by atoms with Crippen LogP contribution in [-0.4, -0.2) is 24.1 Å². The monoisotopic (exact) mass is 290 g/mol. The van der Waals surface area contributed by atoms with Gasteiger partial charge in [0.2, 0.25) is 5.91 Å². The number of fused-ring (bicyclic) bond motifs is 1. The molecular weight excluding hydrogens is 271 g/mol. The molecule has 0 aliphatic heterocycles. The Morgan fingerprint density at radius 1 is 1.48 bits per heavy atom. The third kappa shape index (κ3) is 2.93. The molecule has 2 unspecified atom stereocenters. The second kappa shape index (κ2) is 5.85. The van der Waals surface area contributed by atoms with Crippen molar-refractivity contribution in [2.75, 3.05) is 7.11 Å². The third-order valence-electron chi connectivity index (χ3n) is 4.30. The Morgan fingerprint density at radius 3 is 3.05 bits per heavy atom. The third-order valence-corrected chi connectivity index (χ3v) is 4.30. The lowest BCUT2D eigenvalue weighted by molar-refractivity contribution is -0.125. The summed E-state index contributed by atoms with van der Waals surface area (Å²) in [4.78, 5) is 15.0. The minimum atomic E-state index is -0.271. The van der Waals surface area contributed by atoms with Crippen LogP contribution in [0, 0.1) is 11.7 Å². The molecule has 0 bridgehead atoms. The summed E-state index contributed by atoms with van der Waals surface area (Å²) >= 11 is 0. The highest BCUT2D eigenvalue weighted by atomic mass is 19.1. The van der Waals surface area contributed by atoms with Crippen LogP contribution in [0.1, 0.15) is 24.8 Å². The van der Waals surface area contributed by atoms with Crippen LogP contribution in [0.3, 0.4) is 0 Å². The van der Waals surface area contributed by atoms with Crippen LogP contribution in [0.15, 0.2) is 24.4 Å². The number of carbonyl (C=O) groups excluding carboxylic acids is 1. The minimum Gasteiger partial charge on any atom is -0.381 e. The molecule has 1 aliphatic rings. The summed E-state index contributed by atoms with van der Waals surface area (Å²) in [6, 6.07) is 4.61. The van der Waals surface area contributed by atoms with Gasteiger partial charge < -0.3 is 15.0 Å². The van der Waals surface area contributed by atoms with E-state index in [-0.39, 0.29) is 17.8 Å². The van der Waals surface area contributed by atoms with Crippen molar-refractivity contribution in [2.45, 2.75) is 31.9 Å². The largest absolute Gasteiger partial charge is 0.381 e. The van der Waals surface area contributed by atoms with E-state index in [4.69, 9.17) is 4.74 Å². The van der Waals surface area contributed by atoms with E-state index in [2.05, 4.69) is 10.3 Å². The number of aromatic amines is 1. The molecule has 1 aromatic carbocycles. The zero-order valence-corrected chi connectivity index (χ0v) is 12.0. The molecule has 0 saturated heterocycles. The fourth-order valence-electron chi connectivity index (χ4n) is 2.88. The number of rotatable bonds is 5. The average Bonchev–Trinajstić information content (AvgIpc) is 2.84. The normalized spacial score (nSPS) is 21.2. The Hall–Kier alpha value is -1.88. The van der Waals surface area contributed by atoms with E-state index in [0.717, 1.165) is 29.3 Å². The summed E-state index contributed by atoms with van der Waals surface area (Å²) in [5, 5.41) is 3.72. The highest BCUT2D eigenvalue weighted by Gasteiger charge is 2.32. The van der Waals surface area contributed by atoms with E-state index in [0.29, 0.717) is 18.9 Å². The van der Waals surface area contributed by atoms with Gasteiger partial charge in [0.15, 0.2) is 0 Å². The zero-order valence-electron chi connectivity index (χ0n) is 12.0. The Balaban J connectivity index is 1.58. The van der Waals surface area contributed by atoms with Crippen molar-refractivity contribution >= 4 is 16.8 Å². The van der Waals surface area contributed by atoms with E-state index in [1.807, 2.05) is 6.20 Å². The topological polar surface area (TPSA) is 54.1 Å². The van der Waals surface area contributed by atoms with Crippen molar-refractivity contribution < 1.29 is 13.9 Å². The van der Waals surface area contributed by atoms with Gasteiger partial charge >= 0.3 is 0 Å². The van der Waals surface area contributed by atoms with Crippen LogP contribution in [0.4, 0.5) is 4.39 Å². The summed E-state index contributed by atoms with van der Waals surface area (Å²) < 4.78 is 18.6. The van der Waals surface area contributed by atoms with Crippen LogP contribution >= 0.6 is 0 Å². The average molecular weight is 290 g/mol. The Kier molecular flexibility index (Phi) is 3.92. The maximum absolute atomic E-state index is 13.3.